The van der Waals surface area contributed by atoms with E-state index in [-0.39, 0.29) is 11.7 Å². The zero-order valence-corrected chi connectivity index (χ0v) is 17.4. The first kappa shape index (κ1) is 19.8. The molecule has 1 aromatic heterocycles. The highest BCUT2D eigenvalue weighted by molar-refractivity contribution is 6.06. The smallest absolute Gasteiger partial charge is 0.250 e. The summed E-state index contributed by atoms with van der Waals surface area (Å²) in [7, 11) is 0. The Morgan fingerprint density at radius 1 is 1.06 bits per heavy atom. The Morgan fingerprint density at radius 3 is 2.65 bits per heavy atom. The Hall–Kier alpha value is -3.15. The molecule has 31 heavy (non-hydrogen) atoms. The van der Waals surface area contributed by atoms with Crippen LogP contribution in [0.2, 0.25) is 0 Å². The average Bonchev–Trinajstić information content (AvgIpc) is 3.11. The lowest BCUT2D eigenvalue weighted by molar-refractivity contribution is 0.0889. The minimum absolute atomic E-state index is 0.00240. The second-order valence-electron chi connectivity index (χ2n) is 8.64. The SMILES string of the molecule is NC(=O)c1ccc(-c2c3n(c4cccc(F)c24)C(=O)CCC3)cc1NC1CCCCC1. The third kappa shape index (κ3) is 3.40. The van der Waals surface area contributed by atoms with E-state index >= 15 is 4.39 Å². The summed E-state index contributed by atoms with van der Waals surface area (Å²) in [5.74, 6) is -0.838. The van der Waals surface area contributed by atoms with Crippen LogP contribution in [0, 0.1) is 5.82 Å². The van der Waals surface area contributed by atoms with E-state index in [1.807, 2.05) is 12.1 Å². The summed E-state index contributed by atoms with van der Waals surface area (Å²) in [4.78, 5) is 24.8. The number of fused-ring (bicyclic) bond motifs is 3. The van der Waals surface area contributed by atoms with Gasteiger partial charge in [-0.05, 0) is 55.5 Å². The fourth-order valence-electron chi connectivity index (χ4n) is 5.20. The van der Waals surface area contributed by atoms with Gasteiger partial charge in [0.15, 0.2) is 0 Å². The number of halogens is 1. The number of nitrogens with zero attached hydrogens (tertiary/aromatic N) is 1. The molecule has 1 amide bonds. The van der Waals surface area contributed by atoms with Gasteiger partial charge in [0.1, 0.15) is 5.82 Å². The maximum atomic E-state index is 15.0. The fourth-order valence-corrected chi connectivity index (χ4v) is 5.20. The number of hydrogen-bond donors (Lipinski definition) is 2. The highest BCUT2D eigenvalue weighted by Crippen LogP contribution is 2.40. The standard InChI is InChI=1S/C25H26FN3O2/c26-18-8-4-9-21-24(18)23(20-10-5-11-22(30)29(20)21)15-12-13-17(25(27)31)19(14-15)28-16-6-2-1-3-7-16/h4,8-9,12-14,16,28H,1-3,5-7,10-11H2,(H2,27,31). The third-order valence-corrected chi connectivity index (χ3v) is 6.63. The van der Waals surface area contributed by atoms with E-state index in [9.17, 15) is 9.59 Å². The third-order valence-electron chi connectivity index (χ3n) is 6.63. The van der Waals surface area contributed by atoms with Crippen molar-refractivity contribution < 1.29 is 14.0 Å². The molecular formula is C25H26FN3O2. The van der Waals surface area contributed by atoms with Crippen LogP contribution in [0.25, 0.3) is 22.0 Å². The number of anilines is 1. The van der Waals surface area contributed by atoms with Crippen molar-refractivity contribution in [3.8, 4) is 11.1 Å². The van der Waals surface area contributed by atoms with Crippen molar-refractivity contribution in [2.24, 2.45) is 5.73 Å². The van der Waals surface area contributed by atoms with Crippen molar-refractivity contribution in [2.75, 3.05) is 5.32 Å². The molecule has 2 aromatic carbocycles. The van der Waals surface area contributed by atoms with Crippen LogP contribution in [0.4, 0.5) is 10.1 Å². The van der Waals surface area contributed by atoms with Crippen molar-refractivity contribution >= 4 is 28.4 Å². The number of aromatic nitrogens is 1. The van der Waals surface area contributed by atoms with E-state index < -0.39 is 5.91 Å². The van der Waals surface area contributed by atoms with Crippen molar-refractivity contribution in [1.29, 1.82) is 0 Å². The van der Waals surface area contributed by atoms with Crippen molar-refractivity contribution in [1.82, 2.24) is 4.57 Å². The second kappa shape index (κ2) is 7.84. The number of primary amides is 1. The molecule has 0 atom stereocenters. The molecule has 1 aliphatic heterocycles. The van der Waals surface area contributed by atoms with Gasteiger partial charge in [0, 0.05) is 34.8 Å². The van der Waals surface area contributed by atoms with E-state index in [1.54, 1.807) is 22.8 Å². The highest BCUT2D eigenvalue weighted by atomic mass is 19.1. The summed E-state index contributed by atoms with van der Waals surface area (Å²) in [6.07, 6.45) is 7.57. The molecule has 5 nitrogen and oxygen atoms in total. The van der Waals surface area contributed by atoms with Gasteiger partial charge in [0.05, 0.1) is 11.1 Å². The Morgan fingerprint density at radius 2 is 1.87 bits per heavy atom. The summed E-state index contributed by atoms with van der Waals surface area (Å²) in [5.41, 5.74) is 9.74. The van der Waals surface area contributed by atoms with Gasteiger partial charge in [-0.15, -0.1) is 0 Å². The van der Waals surface area contributed by atoms with Crippen LogP contribution in [0.5, 0.6) is 0 Å². The molecule has 3 N–H and O–H groups in total. The van der Waals surface area contributed by atoms with Gasteiger partial charge in [0.2, 0.25) is 5.91 Å². The van der Waals surface area contributed by atoms with Crippen LogP contribution in [0.15, 0.2) is 36.4 Å². The van der Waals surface area contributed by atoms with E-state index in [1.165, 1.54) is 12.5 Å². The lowest BCUT2D eigenvalue weighted by Crippen LogP contribution is -2.24. The number of carbonyl (C=O) groups excluding carboxylic acids is 2. The van der Waals surface area contributed by atoms with Gasteiger partial charge in [-0.2, -0.15) is 0 Å². The molecule has 160 valence electrons. The van der Waals surface area contributed by atoms with Gasteiger partial charge < -0.3 is 11.1 Å². The quantitative estimate of drug-likeness (QED) is 0.605. The van der Waals surface area contributed by atoms with E-state index in [0.29, 0.717) is 41.0 Å². The van der Waals surface area contributed by atoms with Crippen LogP contribution in [0.3, 0.4) is 0 Å². The van der Waals surface area contributed by atoms with E-state index in [4.69, 9.17) is 5.73 Å². The first-order chi connectivity index (χ1) is 15.0. The Bertz CT molecular complexity index is 1190. The van der Waals surface area contributed by atoms with Crippen molar-refractivity contribution in [3.63, 3.8) is 0 Å². The zero-order valence-electron chi connectivity index (χ0n) is 17.4. The van der Waals surface area contributed by atoms with Gasteiger partial charge in [0.25, 0.3) is 5.91 Å². The molecule has 0 unspecified atom stereocenters. The number of nitrogens with one attached hydrogen (secondary N) is 1. The molecule has 6 heteroatoms. The average molecular weight is 420 g/mol. The van der Waals surface area contributed by atoms with Crippen LogP contribution < -0.4 is 11.1 Å². The van der Waals surface area contributed by atoms with Crippen LogP contribution in [0.1, 0.15) is 65.8 Å². The Labute approximate surface area is 180 Å². The summed E-state index contributed by atoms with van der Waals surface area (Å²) in [5, 5.41) is 3.98. The molecule has 3 aromatic rings. The normalized spacial score (nSPS) is 17.0. The van der Waals surface area contributed by atoms with Crippen LogP contribution in [-0.4, -0.2) is 22.4 Å². The number of amides is 1. The topological polar surface area (TPSA) is 77.1 Å². The Kier molecular flexibility index (Phi) is 5.00. The molecule has 0 radical (unpaired) electrons. The van der Waals surface area contributed by atoms with E-state index in [2.05, 4.69) is 5.32 Å². The monoisotopic (exact) mass is 419 g/mol. The Balaban J connectivity index is 1.69. The van der Waals surface area contributed by atoms with Crippen molar-refractivity contribution in [3.05, 3.63) is 53.5 Å². The van der Waals surface area contributed by atoms with Gasteiger partial charge >= 0.3 is 0 Å². The van der Waals surface area contributed by atoms with E-state index in [0.717, 1.165) is 48.9 Å². The van der Waals surface area contributed by atoms with Gasteiger partial charge in [-0.25, -0.2) is 4.39 Å². The number of carbonyl (C=O) groups is 2. The molecule has 2 aliphatic rings. The lowest BCUT2D eigenvalue weighted by atomic mass is 9.93. The van der Waals surface area contributed by atoms with Gasteiger partial charge in [-0.1, -0.05) is 31.4 Å². The largest absolute Gasteiger partial charge is 0.382 e. The lowest BCUT2D eigenvalue weighted by Gasteiger charge is -2.25. The first-order valence-electron chi connectivity index (χ1n) is 11.1. The minimum atomic E-state index is -0.491. The predicted octanol–water partition coefficient (Wildman–Crippen LogP) is 5.27. The summed E-state index contributed by atoms with van der Waals surface area (Å²) < 4.78 is 16.7. The van der Waals surface area contributed by atoms with Gasteiger partial charge in [-0.3, -0.25) is 14.2 Å². The molecular weight excluding hydrogens is 393 g/mol. The maximum Gasteiger partial charge on any atom is 0.250 e. The number of rotatable bonds is 4. The number of hydrogen-bond acceptors (Lipinski definition) is 3. The number of benzene rings is 2. The fraction of sp³-hybridized carbons (Fsp3) is 0.360. The first-order valence-corrected chi connectivity index (χ1v) is 11.1. The molecule has 1 aliphatic carbocycles. The summed E-state index contributed by atoms with van der Waals surface area (Å²) in [6.45, 7) is 0. The molecule has 0 bridgehead atoms. The van der Waals surface area contributed by atoms with Crippen LogP contribution >= 0.6 is 0 Å². The molecule has 2 heterocycles. The number of nitrogens with two attached hydrogens (primary N) is 1. The predicted molar refractivity (Wildman–Crippen MR) is 120 cm³/mol. The van der Waals surface area contributed by atoms with Crippen molar-refractivity contribution in [2.45, 2.75) is 57.4 Å². The van der Waals surface area contributed by atoms with Crippen LogP contribution in [-0.2, 0) is 6.42 Å². The summed E-state index contributed by atoms with van der Waals surface area (Å²) in [6, 6.07) is 10.6. The summed E-state index contributed by atoms with van der Waals surface area (Å²) >= 11 is 0. The maximum absolute atomic E-state index is 15.0. The zero-order chi connectivity index (χ0) is 21.5. The highest BCUT2D eigenvalue weighted by Gasteiger charge is 2.28. The molecule has 0 spiro atoms. The molecule has 1 fully saturated rings. The molecule has 0 saturated heterocycles. The molecule has 5 rings (SSSR count). The second-order valence-corrected chi connectivity index (χ2v) is 8.64. The minimum Gasteiger partial charge on any atom is -0.382 e. The molecule has 1 saturated carbocycles.